The molecule has 16 heavy (non-hydrogen) atoms. The molecule has 2 aromatic rings. The highest BCUT2D eigenvalue weighted by Crippen LogP contribution is 2.34. The van der Waals surface area contributed by atoms with E-state index in [1.54, 1.807) is 6.26 Å². The fourth-order valence-electron chi connectivity index (χ4n) is 1.80. The minimum Gasteiger partial charge on any atom is -0.481 e. The van der Waals surface area contributed by atoms with Crippen LogP contribution in [-0.2, 0) is 4.79 Å². The van der Waals surface area contributed by atoms with E-state index in [0.29, 0.717) is 0 Å². The highest BCUT2D eigenvalue weighted by Gasteiger charge is 2.17. The third kappa shape index (κ3) is 1.97. The molecule has 0 aliphatic rings. The van der Waals surface area contributed by atoms with Crippen LogP contribution in [0.4, 0.5) is 0 Å². The number of benzene rings is 1. The second-order valence-electron chi connectivity index (χ2n) is 3.80. The molecule has 0 amide bonds. The van der Waals surface area contributed by atoms with Gasteiger partial charge in [-0.15, -0.1) is 0 Å². The van der Waals surface area contributed by atoms with E-state index in [9.17, 15) is 4.79 Å². The molecule has 0 saturated heterocycles. The van der Waals surface area contributed by atoms with Crippen molar-refractivity contribution in [3.8, 4) is 0 Å². The van der Waals surface area contributed by atoms with Gasteiger partial charge in [0.1, 0.15) is 5.58 Å². The van der Waals surface area contributed by atoms with E-state index >= 15 is 0 Å². The van der Waals surface area contributed by atoms with Gasteiger partial charge in [0.2, 0.25) is 0 Å². The lowest BCUT2D eigenvalue weighted by atomic mass is 9.97. The summed E-state index contributed by atoms with van der Waals surface area (Å²) in [4.78, 5) is 10.7. The van der Waals surface area contributed by atoms with Crippen molar-refractivity contribution in [3.05, 3.63) is 34.5 Å². The average Bonchev–Trinajstić information content (AvgIpc) is 2.61. The zero-order valence-electron chi connectivity index (χ0n) is 8.74. The van der Waals surface area contributed by atoms with E-state index in [1.165, 1.54) is 0 Å². The quantitative estimate of drug-likeness (QED) is 0.932. The SMILES string of the molecule is CC(CC(=O)O)c1coc2cccc(Br)c12. The van der Waals surface area contributed by atoms with Crippen LogP contribution >= 0.6 is 15.9 Å². The molecule has 1 aromatic carbocycles. The predicted molar refractivity (Wildman–Crippen MR) is 64.6 cm³/mol. The van der Waals surface area contributed by atoms with Crippen LogP contribution in [-0.4, -0.2) is 11.1 Å². The summed E-state index contributed by atoms with van der Waals surface area (Å²) in [7, 11) is 0. The van der Waals surface area contributed by atoms with E-state index in [4.69, 9.17) is 9.52 Å². The molecule has 4 heteroatoms. The Bertz CT molecular complexity index is 530. The molecule has 1 aromatic heterocycles. The Balaban J connectivity index is 2.48. The fraction of sp³-hybridized carbons (Fsp3) is 0.250. The van der Waals surface area contributed by atoms with Gasteiger partial charge < -0.3 is 9.52 Å². The monoisotopic (exact) mass is 282 g/mol. The molecule has 1 unspecified atom stereocenters. The molecule has 0 bridgehead atoms. The van der Waals surface area contributed by atoms with E-state index in [0.717, 1.165) is 21.0 Å². The molecule has 0 fully saturated rings. The maximum atomic E-state index is 10.7. The van der Waals surface area contributed by atoms with Crippen LogP contribution in [0.25, 0.3) is 11.0 Å². The number of aliphatic carboxylic acids is 1. The van der Waals surface area contributed by atoms with Crippen LogP contribution < -0.4 is 0 Å². The van der Waals surface area contributed by atoms with Crippen LogP contribution in [0.15, 0.2) is 33.4 Å². The zero-order chi connectivity index (χ0) is 11.7. The van der Waals surface area contributed by atoms with Gasteiger partial charge in [-0.2, -0.15) is 0 Å². The first-order valence-corrected chi connectivity index (χ1v) is 5.76. The first-order valence-electron chi connectivity index (χ1n) is 4.97. The van der Waals surface area contributed by atoms with Gasteiger partial charge in [-0.1, -0.05) is 28.9 Å². The van der Waals surface area contributed by atoms with Gasteiger partial charge in [0.25, 0.3) is 0 Å². The van der Waals surface area contributed by atoms with Gasteiger partial charge in [-0.05, 0) is 18.1 Å². The molecule has 0 aliphatic heterocycles. The van der Waals surface area contributed by atoms with E-state index in [1.807, 2.05) is 25.1 Å². The maximum absolute atomic E-state index is 10.7. The molecule has 84 valence electrons. The second-order valence-corrected chi connectivity index (χ2v) is 4.66. The standard InChI is InChI=1S/C12H11BrO3/c1-7(5-11(14)15)8-6-16-10-4-2-3-9(13)12(8)10/h2-4,6-7H,5H2,1H3,(H,14,15). The van der Waals surface area contributed by atoms with E-state index in [-0.39, 0.29) is 12.3 Å². The Morgan fingerprint density at radius 1 is 1.56 bits per heavy atom. The first kappa shape index (κ1) is 11.2. The fourth-order valence-corrected chi connectivity index (χ4v) is 2.38. The smallest absolute Gasteiger partial charge is 0.303 e. The summed E-state index contributed by atoms with van der Waals surface area (Å²) in [6.07, 6.45) is 1.75. The molecule has 3 nitrogen and oxygen atoms in total. The summed E-state index contributed by atoms with van der Waals surface area (Å²) in [6.45, 7) is 1.89. The predicted octanol–water partition coefficient (Wildman–Crippen LogP) is 3.77. The number of carboxylic acid groups (broad SMARTS) is 1. The Hall–Kier alpha value is -1.29. The first-order chi connectivity index (χ1) is 7.59. The van der Waals surface area contributed by atoms with E-state index < -0.39 is 5.97 Å². The van der Waals surface area contributed by atoms with Crippen molar-refractivity contribution < 1.29 is 14.3 Å². The van der Waals surface area contributed by atoms with Gasteiger partial charge >= 0.3 is 5.97 Å². The highest BCUT2D eigenvalue weighted by atomic mass is 79.9. The summed E-state index contributed by atoms with van der Waals surface area (Å²) in [5.41, 5.74) is 1.71. The average molecular weight is 283 g/mol. The van der Waals surface area contributed by atoms with E-state index in [2.05, 4.69) is 15.9 Å². The van der Waals surface area contributed by atoms with Gasteiger partial charge in [0.05, 0.1) is 12.7 Å². The number of fused-ring (bicyclic) bond motifs is 1. The van der Waals surface area contributed by atoms with Crippen LogP contribution in [0.3, 0.4) is 0 Å². The summed E-state index contributed by atoms with van der Waals surface area (Å²) in [5.74, 6) is -0.855. The minimum absolute atomic E-state index is 0.0579. The van der Waals surface area contributed by atoms with Crippen molar-refractivity contribution >= 4 is 32.9 Å². The molecule has 1 atom stereocenters. The lowest BCUT2D eigenvalue weighted by Crippen LogP contribution is -2.02. The number of halogens is 1. The van der Waals surface area contributed by atoms with Crippen molar-refractivity contribution in [2.45, 2.75) is 19.3 Å². The van der Waals surface area contributed by atoms with Gasteiger partial charge in [0.15, 0.2) is 0 Å². The lowest BCUT2D eigenvalue weighted by Gasteiger charge is -2.06. The third-order valence-corrected chi connectivity index (χ3v) is 3.25. The maximum Gasteiger partial charge on any atom is 0.303 e. The summed E-state index contributed by atoms with van der Waals surface area (Å²) >= 11 is 3.45. The Morgan fingerprint density at radius 2 is 2.31 bits per heavy atom. The number of furan rings is 1. The number of carboxylic acids is 1. The Labute approximate surface area is 101 Å². The summed E-state index contributed by atoms with van der Waals surface area (Å²) in [6, 6.07) is 5.69. The van der Waals surface area contributed by atoms with Gasteiger partial charge in [0, 0.05) is 15.4 Å². The number of hydrogen-bond donors (Lipinski definition) is 1. The Kier molecular flexibility index (Phi) is 3.01. The zero-order valence-corrected chi connectivity index (χ0v) is 10.3. The molecule has 0 aliphatic carbocycles. The molecule has 1 heterocycles. The third-order valence-electron chi connectivity index (χ3n) is 2.59. The minimum atomic E-state index is -0.797. The van der Waals surface area contributed by atoms with Crippen LogP contribution in [0, 0.1) is 0 Å². The topological polar surface area (TPSA) is 50.4 Å². The van der Waals surface area contributed by atoms with Crippen LogP contribution in [0.2, 0.25) is 0 Å². The number of rotatable bonds is 3. The molecule has 1 N–H and O–H groups in total. The second kappa shape index (κ2) is 4.29. The molecule has 2 rings (SSSR count). The van der Waals surface area contributed by atoms with Gasteiger partial charge in [-0.25, -0.2) is 0 Å². The number of hydrogen-bond acceptors (Lipinski definition) is 2. The van der Waals surface area contributed by atoms with Crippen molar-refractivity contribution in [2.24, 2.45) is 0 Å². The van der Waals surface area contributed by atoms with Crippen molar-refractivity contribution in [1.82, 2.24) is 0 Å². The molecular weight excluding hydrogens is 272 g/mol. The lowest BCUT2D eigenvalue weighted by molar-refractivity contribution is -0.137. The van der Waals surface area contributed by atoms with Crippen molar-refractivity contribution in [1.29, 1.82) is 0 Å². The highest BCUT2D eigenvalue weighted by molar-refractivity contribution is 9.10. The summed E-state index contributed by atoms with van der Waals surface area (Å²) < 4.78 is 6.35. The number of carbonyl (C=O) groups is 1. The molecule has 0 saturated carbocycles. The molecule has 0 radical (unpaired) electrons. The molecule has 0 spiro atoms. The normalized spacial score (nSPS) is 12.9. The van der Waals surface area contributed by atoms with Crippen LogP contribution in [0.5, 0.6) is 0 Å². The van der Waals surface area contributed by atoms with Crippen LogP contribution in [0.1, 0.15) is 24.8 Å². The van der Waals surface area contributed by atoms with Gasteiger partial charge in [-0.3, -0.25) is 4.79 Å². The largest absolute Gasteiger partial charge is 0.481 e. The van der Waals surface area contributed by atoms with Crippen molar-refractivity contribution in [3.63, 3.8) is 0 Å². The molecular formula is C12H11BrO3. The Morgan fingerprint density at radius 3 is 3.00 bits per heavy atom. The summed E-state index contributed by atoms with van der Waals surface area (Å²) in [5, 5.41) is 9.75. The van der Waals surface area contributed by atoms with Crippen molar-refractivity contribution in [2.75, 3.05) is 0 Å².